The average Bonchev–Trinajstić information content (AvgIpc) is 2.87. The van der Waals surface area contributed by atoms with Crippen LogP contribution in [0.3, 0.4) is 0 Å². The molecule has 2 N–H and O–H groups in total. The van der Waals surface area contributed by atoms with Gasteiger partial charge in [-0.15, -0.1) is 0 Å². The van der Waals surface area contributed by atoms with Crippen molar-refractivity contribution in [3.63, 3.8) is 0 Å². The van der Waals surface area contributed by atoms with E-state index in [1.165, 1.54) is 18.9 Å². The van der Waals surface area contributed by atoms with Crippen LogP contribution in [0.15, 0.2) is 76.5 Å². The number of amides is 2. The van der Waals surface area contributed by atoms with Crippen molar-refractivity contribution in [3.05, 3.63) is 83.4 Å². The minimum Gasteiger partial charge on any atom is -0.495 e. The maximum absolute atomic E-state index is 12.6. The molecule has 3 aromatic rings. The number of nitriles is 1. The number of anilines is 1. The van der Waals surface area contributed by atoms with E-state index in [0.717, 1.165) is 5.56 Å². The third-order valence-electron chi connectivity index (χ3n) is 4.74. The number of rotatable bonds is 9. The quantitative estimate of drug-likeness (QED) is 0.437. The van der Waals surface area contributed by atoms with Gasteiger partial charge in [-0.25, -0.2) is 4.79 Å². The van der Waals surface area contributed by atoms with E-state index in [2.05, 4.69) is 16.7 Å². The van der Waals surface area contributed by atoms with Crippen LogP contribution < -0.4 is 15.4 Å². The summed E-state index contributed by atoms with van der Waals surface area (Å²) in [6.07, 6.45) is 0. The lowest BCUT2D eigenvalue weighted by molar-refractivity contribution is -0.126. The number of carbonyl (C=O) groups is 3. The van der Waals surface area contributed by atoms with Crippen molar-refractivity contribution in [2.75, 3.05) is 25.6 Å². The molecule has 0 aromatic heterocycles. The zero-order chi connectivity index (χ0) is 25.2. The zero-order valence-electron chi connectivity index (χ0n) is 19.2. The Morgan fingerprint density at radius 1 is 0.971 bits per heavy atom. The van der Waals surface area contributed by atoms with E-state index >= 15 is 0 Å². The molecule has 0 saturated carbocycles. The third kappa shape index (κ3) is 7.09. The highest BCUT2D eigenvalue weighted by molar-refractivity contribution is 7.99. The fraction of sp³-hybridized carbons (Fsp3) is 0.154. The van der Waals surface area contributed by atoms with Crippen LogP contribution in [0.25, 0.3) is 0 Å². The summed E-state index contributed by atoms with van der Waals surface area (Å²) < 4.78 is 10.4. The van der Waals surface area contributed by atoms with E-state index in [0.29, 0.717) is 26.8 Å². The second-order valence-corrected chi connectivity index (χ2v) is 8.39. The Bertz CT molecular complexity index is 1290. The van der Waals surface area contributed by atoms with Gasteiger partial charge in [-0.2, -0.15) is 5.26 Å². The van der Waals surface area contributed by atoms with Gasteiger partial charge >= 0.3 is 5.97 Å². The molecule has 0 spiro atoms. The van der Waals surface area contributed by atoms with Gasteiger partial charge in [0.2, 0.25) is 5.91 Å². The summed E-state index contributed by atoms with van der Waals surface area (Å²) in [5.41, 5.74) is 2.18. The van der Waals surface area contributed by atoms with Gasteiger partial charge in [0.15, 0.2) is 6.61 Å². The van der Waals surface area contributed by atoms with Crippen molar-refractivity contribution in [3.8, 4) is 11.8 Å². The minimum absolute atomic E-state index is 0.266. The maximum atomic E-state index is 12.6. The summed E-state index contributed by atoms with van der Waals surface area (Å²) in [6.45, 7) is 1.03. The van der Waals surface area contributed by atoms with Crippen molar-refractivity contribution in [2.45, 2.75) is 16.7 Å². The fourth-order valence-corrected chi connectivity index (χ4v) is 4.06. The molecule has 0 heterocycles. The molecule has 0 atom stereocenters. The maximum Gasteiger partial charge on any atom is 0.339 e. The molecule has 0 aliphatic heterocycles. The van der Waals surface area contributed by atoms with Crippen LogP contribution in [0.2, 0.25) is 0 Å². The number of nitrogens with zero attached hydrogens (tertiary/aromatic N) is 1. The van der Waals surface area contributed by atoms with E-state index in [4.69, 9.17) is 9.47 Å². The Kier molecular flexibility index (Phi) is 8.87. The molecule has 0 radical (unpaired) electrons. The number of carbonyl (C=O) groups excluding carboxylic acids is 3. The first-order valence-electron chi connectivity index (χ1n) is 10.6. The Morgan fingerprint density at radius 3 is 2.43 bits per heavy atom. The Hall–Kier alpha value is -4.29. The van der Waals surface area contributed by atoms with E-state index in [1.807, 2.05) is 13.0 Å². The van der Waals surface area contributed by atoms with Gasteiger partial charge in [0, 0.05) is 9.79 Å². The highest BCUT2D eigenvalue weighted by atomic mass is 32.2. The monoisotopic (exact) mass is 489 g/mol. The molecular formula is C26H23N3O5S. The van der Waals surface area contributed by atoms with Crippen molar-refractivity contribution < 1.29 is 23.9 Å². The Morgan fingerprint density at radius 2 is 1.69 bits per heavy atom. The second kappa shape index (κ2) is 12.3. The molecule has 9 heteroatoms. The zero-order valence-corrected chi connectivity index (χ0v) is 20.0. The lowest BCUT2D eigenvalue weighted by Crippen LogP contribution is -2.35. The van der Waals surface area contributed by atoms with Crippen LogP contribution in [0, 0.1) is 18.3 Å². The molecule has 0 unspecified atom stereocenters. The summed E-state index contributed by atoms with van der Waals surface area (Å²) in [5, 5.41) is 14.4. The lowest BCUT2D eigenvalue weighted by atomic mass is 10.2. The predicted octanol–water partition coefficient (Wildman–Crippen LogP) is 3.94. The van der Waals surface area contributed by atoms with Gasteiger partial charge in [-0.3, -0.25) is 9.59 Å². The summed E-state index contributed by atoms with van der Waals surface area (Å²) in [5.74, 6) is -1.26. The average molecular weight is 490 g/mol. The van der Waals surface area contributed by atoms with E-state index < -0.39 is 24.4 Å². The SMILES string of the molecule is COc1ccc(C)cc1NC(=O)CNC(=O)COC(=O)c1ccccc1Sc1ccccc1C#N. The molecular weight excluding hydrogens is 466 g/mol. The summed E-state index contributed by atoms with van der Waals surface area (Å²) in [7, 11) is 1.50. The summed E-state index contributed by atoms with van der Waals surface area (Å²) >= 11 is 1.26. The van der Waals surface area contributed by atoms with Crippen molar-refractivity contribution >= 4 is 35.2 Å². The van der Waals surface area contributed by atoms with Crippen molar-refractivity contribution in [2.24, 2.45) is 0 Å². The predicted molar refractivity (Wildman–Crippen MR) is 131 cm³/mol. The van der Waals surface area contributed by atoms with Gasteiger partial charge in [0.1, 0.15) is 11.8 Å². The van der Waals surface area contributed by atoms with E-state index in [-0.39, 0.29) is 12.1 Å². The van der Waals surface area contributed by atoms with Crippen LogP contribution >= 0.6 is 11.8 Å². The molecule has 8 nitrogen and oxygen atoms in total. The molecule has 35 heavy (non-hydrogen) atoms. The fourth-order valence-electron chi connectivity index (χ4n) is 3.04. The topological polar surface area (TPSA) is 118 Å². The highest BCUT2D eigenvalue weighted by Gasteiger charge is 2.17. The summed E-state index contributed by atoms with van der Waals surface area (Å²) in [6, 6.07) is 21.3. The number of hydrogen-bond donors (Lipinski definition) is 2. The number of nitrogens with one attached hydrogen (secondary N) is 2. The highest BCUT2D eigenvalue weighted by Crippen LogP contribution is 2.32. The minimum atomic E-state index is -0.688. The standard InChI is InChI=1S/C26H23N3O5S/c1-17-11-12-21(33-2)20(13-17)29-24(30)15-28-25(31)16-34-26(32)19-8-4-6-10-23(19)35-22-9-5-3-7-18(22)14-27/h3-13H,15-16H2,1-2H3,(H,28,31)(H,29,30). The largest absolute Gasteiger partial charge is 0.495 e. The van der Waals surface area contributed by atoms with Crippen LogP contribution in [0.4, 0.5) is 5.69 Å². The molecule has 0 saturated heterocycles. The number of hydrogen-bond acceptors (Lipinski definition) is 7. The third-order valence-corrected chi connectivity index (χ3v) is 5.90. The van der Waals surface area contributed by atoms with Crippen molar-refractivity contribution in [1.29, 1.82) is 5.26 Å². The lowest BCUT2D eigenvalue weighted by Gasteiger charge is -2.12. The molecule has 2 amide bonds. The van der Waals surface area contributed by atoms with E-state index in [9.17, 15) is 19.6 Å². The van der Waals surface area contributed by atoms with Gasteiger partial charge in [0.05, 0.1) is 30.5 Å². The normalized spacial score (nSPS) is 10.1. The van der Waals surface area contributed by atoms with Gasteiger partial charge in [-0.1, -0.05) is 42.1 Å². The second-order valence-electron chi connectivity index (χ2n) is 7.31. The Balaban J connectivity index is 1.54. The number of methoxy groups -OCH3 is 1. The van der Waals surface area contributed by atoms with Crippen LogP contribution in [0.1, 0.15) is 21.5 Å². The van der Waals surface area contributed by atoms with Crippen LogP contribution in [0.5, 0.6) is 5.75 Å². The first kappa shape index (κ1) is 25.3. The first-order chi connectivity index (χ1) is 16.9. The first-order valence-corrected chi connectivity index (χ1v) is 11.4. The molecule has 0 aliphatic carbocycles. The number of aryl methyl sites for hydroxylation is 1. The van der Waals surface area contributed by atoms with Crippen molar-refractivity contribution in [1.82, 2.24) is 5.32 Å². The number of esters is 1. The van der Waals surface area contributed by atoms with Crippen LogP contribution in [-0.2, 0) is 14.3 Å². The van der Waals surface area contributed by atoms with E-state index in [1.54, 1.807) is 60.7 Å². The Labute approximate surface area is 207 Å². The molecule has 3 aromatic carbocycles. The van der Waals surface area contributed by atoms with Crippen LogP contribution in [-0.4, -0.2) is 38.0 Å². The number of ether oxygens (including phenoxy) is 2. The number of benzene rings is 3. The molecule has 0 bridgehead atoms. The van der Waals surface area contributed by atoms with Gasteiger partial charge in [-0.05, 0) is 48.9 Å². The molecule has 3 rings (SSSR count). The van der Waals surface area contributed by atoms with Gasteiger partial charge in [0.25, 0.3) is 5.91 Å². The molecule has 0 fully saturated rings. The smallest absolute Gasteiger partial charge is 0.339 e. The molecule has 178 valence electrons. The van der Waals surface area contributed by atoms with Gasteiger partial charge < -0.3 is 20.1 Å². The molecule has 0 aliphatic rings. The summed E-state index contributed by atoms with van der Waals surface area (Å²) in [4.78, 5) is 38.3.